The monoisotopic (exact) mass is 215 g/mol. The quantitative estimate of drug-likeness (QED) is 0.723. The van der Waals surface area contributed by atoms with Gasteiger partial charge in [-0.05, 0) is 6.92 Å². The Morgan fingerprint density at radius 3 is 2.93 bits per heavy atom. The lowest BCUT2D eigenvalue weighted by Crippen LogP contribution is -2.08. The first-order valence-electron chi connectivity index (χ1n) is 4.06. The highest BCUT2D eigenvalue weighted by molar-refractivity contribution is 6.34. The minimum Gasteiger partial charge on any atom is -0.495 e. The Balaban J connectivity index is 3.03. The second-order valence-corrected chi connectivity index (χ2v) is 2.77. The molecule has 0 bridgehead atoms. The molecule has 1 aromatic rings. The highest BCUT2D eigenvalue weighted by atomic mass is 35.5. The van der Waals surface area contributed by atoms with Gasteiger partial charge < -0.3 is 9.47 Å². The van der Waals surface area contributed by atoms with E-state index in [-0.39, 0.29) is 17.3 Å². The highest BCUT2D eigenvalue weighted by Crippen LogP contribution is 2.26. The maximum Gasteiger partial charge on any atom is 0.358 e. The molecule has 4 nitrogen and oxygen atoms in total. The van der Waals surface area contributed by atoms with Crippen LogP contribution >= 0.6 is 11.6 Å². The van der Waals surface area contributed by atoms with Crippen LogP contribution in [-0.2, 0) is 4.74 Å². The molecule has 0 aliphatic carbocycles. The predicted molar refractivity (Wildman–Crippen MR) is 51.8 cm³/mol. The molecule has 1 aromatic heterocycles. The lowest BCUT2D eigenvalue weighted by molar-refractivity contribution is 0.0519. The van der Waals surface area contributed by atoms with Crippen LogP contribution in [0.25, 0.3) is 0 Å². The van der Waals surface area contributed by atoms with E-state index in [2.05, 4.69) is 4.98 Å². The Kier molecular flexibility index (Phi) is 3.71. The van der Waals surface area contributed by atoms with Gasteiger partial charge in [-0.15, -0.1) is 0 Å². The Morgan fingerprint density at radius 2 is 2.36 bits per heavy atom. The van der Waals surface area contributed by atoms with Crippen LogP contribution in [0, 0.1) is 0 Å². The van der Waals surface area contributed by atoms with Crippen LogP contribution < -0.4 is 4.74 Å². The smallest absolute Gasteiger partial charge is 0.358 e. The molecule has 0 atom stereocenters. The summed E-state index contributed by atoms with van der Waals surface area (Å²) in [6.45, 7) is 2.00. The first-order chi connectivity index (χ1) is 6.70. The molecular weight excluding hydrogens is 206 g/mol. The Hall–Kier alpha value is -1.29. The number of halogens is 1. The summed E-state index contributed by atoms with van der Waals surface area (Å²) in [5.74, 6) is -0.138. The van der Waals surface area contributed by atoms with Gasteiger partial charge in [-0.2, -0.15) is 0 Å². The van der Waals surface area contributed by atoms with Crippen LogP contribution in [0.1, 0.15) is 17.4 Å². The summed E-state index contributed by atoms with van der Waals surface area (Å²) >= 11 is 5.85. The number of ether oxygens (including phenoxy) is 2. The van der Waals surface area contributed by atoms with E-state index in [1.807, 2.05) is 0 Å². The standard InChI is InChI=1S/C9H10ClNO3/c1-3-14-9(12)8-7(10)6(13-2)4-5-11-8/h4-5H,3H2,1-2H3. The Labute approximate surface area is 86.8 Å². The molecule has 0 aliphatic heterocycles. The maximum absolute atomic E-state index is 11.3. The normalized spacial score (nSPS) is 9.64. The first-order valence-corrected chi connectivity index (χ1v) is 4.44. The molecule has 0 saturated carbocycles. The van der Waals surface area contributed by atoms with E-state index in [9.17, 15) is 4.79 Å². The van der Waals surface area contributed by atoms with Crippen LogP contribution in [0.4, 0.5) is 0 Å². The number of carbonyl (C=O) groups is 1. The molecule has 0 radical (unpaired) electrons. The van der Waals surface area contributed by atoms with E-state index in [4.69, 9.17) is 21.1 Å². The summed E-state index contributed by atoms with van der Waals surface area (Å²) < 4.78 is 9.70. The number of rotatable bonds is 3. The van der Waals surface area contributed by atoms with Crippen LogP contribution in [0.2, 0.25) is 5.02 Å². The molecule has 5 heteroatoms. The van der Waals surface area contributed by atoms with Gasteiger partial charge in [-0.1, -0.05) is 11.6 Å². The third-order valence-electron chi connectivity index (χ3n) is 1.54. The number of hydrogen-bond donors (Lipinski definition) is 0. The van der Waals surface area contributed by atoms with Crippen molar-refractivity contribution in [3.8, 4) is 5.75 Å². The average Bonchev–Trinajstić information content (AvgIpc) is 2.18. The zero-order valence-electron chi connectivity index (χ0n) is 7.91. The van der Waals surface area contributed by atoms with E-state index < -0.39 is 5.97 Å². The Bertz CT molecular complexity index is 341. The van der Waals surface area contributed by atoms with E-state index in [0.717, 1.165) is 0 Å². The molecule has 0 saturated heterocycles. The van der Waals surface area contributed by atoms with Crippen molar-refractivity contribution in [3.63, 3.8) is 0 Å². The lowest BCUT2D eigenvalue weighted by Gasteiger charge is -2.06. The fraction of sp³-hybridized carbons (Fsp3) is 0.333. The second kappa shape index (κ2) is 4.81. The van der Waals surface area contributed by atoms with Crippen molar-refractivity contribution in [1.82, 2.24) is 4.98 Å². The van der Waals surface area contributed by atoms with Crippen molar-refractivity contribution >= 4 is 17.6 Å². The van der Waals surface area contributed by atoms with Crippen molar-refractivity contribution in [2.24, 2.45) is 0 Å². The van der Waals surface area contributed by atoms with Crippen LogP contribution in [0.3, 0.4) is 0 Å². The molecular formula is C9H10ClNO3. The highest BCUT2D eigenvalue weighted by Gasteiger charge is 2.16. The van der Waals surface area contributed by atoms with Gasteiger partial charge in [-0.25, -0.2) is 9.78 Å². The minimum atomic E-state index is -0.545. The van der Waals surface area contributed by atoms with Gasteiger partial charge in [0.05, 0.1) is 13.7 Å². The number of pyridine rings is 1. The third kappa shape index (κ3) is 2.14. The summed E-state index contributed by atoms with van der Waals surface area (Å²) in [6, 6.07) is 1.57. The van der Waals surface area contributed by atoms with Gasteiger partial charge in [0.15, 0.2) is 5.69 Å². The molecule has 14 heavy (non-hydrogen) atoms. The van der Waals surface area contributed by atoms with Gasteiger partial charge in [0.25, 0.3) is 0 Å². The first kappa shape index (κ1) is 10.8. The van der Waals surface area contributed by atoms with Crippen molar-refractivity contribution in [3.05, 3.63) is 23.0 Å². The minimum absolute atomic E-state index is 0.0767. The Morgan fingerprint density at radius 1 is 1.64 bits per heavy atom. The molecule has 0 amide bonds. The van der Waals surface area contributed by atoms with Crippen molar-refractivity contribution in [1.29, 1.82) is 0 Å². The molecule has 0 aromatic carbocycles. The number of methoxy groups -OCH3 is 1. The summed E-state index contributed by atoms with van der Waals surface area (Å²) in [5.41, 5.74) is 0.0767. The summed E-state index contributed by atoms with van der Waals surface area (Å²) in [6.07, 6.45) is 1.44. The molecule has 1 rings (SSSR count). The van der Waals surface area contributed by atoms with Gasteiger partial charge in [0.2, 0.25) is 0 Å². The largest absolute Gasteiger partial charge is 0.495 e. The van der Waals surface area contributed by atoms with E-state index >= 15 is 0 Å². The number of hydrogen-bond acceptors (Lipinski definition) is 4. The summed E-state index contributed by atoms with van der Waals surface area (Å²) in [7, 11) is 1.47. The van der Waals surface area contributed by atoms with E-state index in [1.165, 1.54) is 13.3 Å². The van der Waals surface area contributed by atoms with Gasteiger partial charge in [-0.3, -0.25) is 0 Å². The number of carbonyl (C=O) groups excluding carboxylic acids is 1. The van der Waals surface area contributed by atoms with E-state index in [1.54, 1.807) is 13.0 Å². The van der Waals surface area contributed by atoms with Crippen molar-refractivity contribution in [2.75, 3.05) is 13.7 Å². The molecule has 0 spiro atoms. The third-order valence-corrected chi connectivity index (χ3v) is 1.91. The summed E-state index contributed by atoms with van der Waals surface area (Å²) in [4.78, 5) is 15.1. The molecule has 0 unspecified atom stereocenters. The van der Waals surface area contributed by atoms with Gasteiger partial charge in [0.1, 0.15) is 10.8 Å². The molecule has 0 N–H and O–H groups in total. The number of esters is 1. The van der Waals surface area contributed by atoms with E-state index in [0.29, 0.717) is 5.75 Å². The zero-order valence-corrected chi connectivity index (χ0v) is 8.67. The predicted octanol–water partition coefficient (Wildman–Crippen LogP) is 1.92. The van der Waals surface area contributed by atoms with Crippen LogP contribution in [-0.4, -0.2) is 24.7 Å². The molecule has 0 fully saturated rings. The van der Waals surface area contributed by atoms with Crippen LogP contribution in [0.5, 0.6) is 5.75 Å². The van der Waals surface area contributed by atoms with Crippen LogP contribution in [0.15, 0.2) is 12.3 Å². The fourth-order valence-electron chi connectivity index (χ4n) is 0.925. The molecule has 1 heterocycles. The second-order valence-electron chi connectivity index (χ2n) is 2.40. The van der Waals surface area contributed by atoms with Gasteiger partial charge in [0, 0.05) is 12.3 Å². The topological polar surface area (TPSA) is 48.4 Å². The number of nitrogens with zero attached hydrogens (tertiary/aromatic N) is 1. The van der Waals surface area contributed by atoms with Crippen molar-refractivity contribution in [2.45, 2.75) is 6.92 Å². The zero-order chi connectivity index (χ0) is 10.6. The lowest BCUT2D eigenvalue weighted by atomic mass is 10.3. The van der Waals surface area contributed by atoms with Gasteiger partial charge >= 0.3 is 5.97 Å². The summed E-state index contributed by atoms with van der Waals surface area (Å²) in [5, 5.41) is 0.174. The average molecular weight is 216 g/mol. The SMILES string of the molecule is CCOC(=O)c1nccc(OC)c1Cl. The molecule has 76 valence electrons. The maximum atomic E-state index is 11.3. The fourth-order valence-corrected chi connectivity index (χ4v) is 1.19. The van der Waals surface area contributed by atoms with Crippen molar-refractivity contribution < 1.29 is 14.3 Å². The number of aromatic nitrogens is 1. The molecule has 0 aliphatic rings.